The largest absolute Gasteiger partial charge is 0.463 e. The van der Waals surface area contributed by atoms with Crippen LogP contribution >= 0.6 is 0 Å². The predicted octanol–water partition coefficient (Wildman–Crippen LogP) is 0.135. The third kappa shape index (κ3) is 5.72. The highest BCUT2D eigenvalue weighted by Crippen LogP contribution is 2.25. The van der Waals surface area contributed by atoms with Crippen molar-refractivity contribution in [3.8, 4) is 0 Å². The highest BCUT2D eigenvalue weighted by molar-refractivity contribution is 5.70. The molecule has 0 saturated carbocycles. The van der Waals surface area contributed by atoms with Gasteiger partial charge in [0.05, 0.1) is 0 Å². The molecular formula is C15H26O8. The Morgan fingerprint density at radius 1 is 1.04 bits per heavy atom. The molecule has 0 aromatic rings. The Morgan fingerprint density at radius 3 is 2.22 bits per heavy atom. The minimum atomic E-state index is -1.40. The maximum atomic E-state index is 11.7. The fourth-order valence-corrected chi connectivity index (χ4v) is 2.25. The number of carbonyl (C=O) groups excluding carboxylic acids is 2. The highest BCUT2D eigenvalue weighted by Gasteiger charge is 2.47. The van der Waals surface area contributed by atoms with Crippen LogP contribution < -0.4 is 0 Å². The van der Waals surface area contributed by atoms with E-state index in [9.17, 15) is 19.8 Å². The first-order valence-electron chi connectivity index (χ1n) is 7.84. The minimum Gasteiger partial charge on any atom is -0.463 e. The molecule has 0 unspecified atom stereocenters. The third-order valence-electron chi connectivity index (χ3n) is 3.46. The van der Waals surface area contributed by atoms with Crippen molar-refractivity contribution in [2.75, 3.05) is 13.7 Å². The number of hydrogen-bond acceptors (Lipinski definition) is 8. The summed E-state index contributed by atoms with van der Waals surface area (Å²) in [6.45, 7) is 3.45. The minimum absolute atomic E-state index is 0.176. The second kappa shape index (κ2) is 9.82. The van der Waals surface area contributed by atoms with Gasteiger partial charge < -0.3 is 29.2 Å². The van der Waals surface area contributed by atoms with Gasteiger partial charge in [0.2, 0.25) is 0 Å². The number of methoxy groups -OCH3 is 1. The van der Waals surface area contributed by atoms with Crippen LogP contribution in [0.1, 0.15) is 39.5 Å². The molecule has 0 aromatic carbocycles. The molecule has 1 aliphatic heterocycles. The fraction of sp³-hybridized carbons (Fsp3) is 0.867. The van der Waals surface area contributed by atoms with Crippen molar-refractivity contribution in [2.45, 2.75) is 70.2 Å². The standard InChI is InChI=1S/C15H26O8/c1-4-6-10(16)21-8-9-14(23-11(17)7-5-2)12(18)13(19)15(20-3)22-9/h9,12-15,18-19H,4-8H2,1-3H3/t9-,12-,13+,14-,15+/m1/s1. The van der Waals surface area contributed by atoms with Crippen molar-refractivity contribution in [1.29, 1.82) is 0 Å². The predicted molar refractivity (Wildman–Crippen MR) is 78.3 cm³/mol. The normalized spacial score (nSPS) is 30.7. The number of carbonyl (C=O) groups is 2. The van der Waals surface area contributed by atoms with Crippen LogP contribution in [0.15, 0.2) is 0 Å². The number of aliphatic hydroxyl groups is 2. The lowest BCUT2D eigenvalue weighted by Crippen LogP contribution is -2.60. The van der Waals surface area contributed by atoms with E-state index >= 15 is 0 Å². The first kappa shape index (κ1) is 19.8. The van der Waals surface area contributed by atoms with Crippen LogP contribution in [0.3, 0.4) is 0 Å². The Kier molecular flexibility index (Phi) is 8.46. The van der Waals surface area contributed by atoms with Gasteiger partial charge in [-0.15, -0.1) is 0 Å². The summed E-state index contributed by atoms with van der Waals surface area (Å²) >= 11 is 0. The van der Waals surface area contributed by atoms with E-state index in [0.29, 0.717) is 12.8 Å². The Hall–Kier alpha value is -1.22. The quantitative estimate of drug-likeness (QED) is 0.603. The van der Waals surface area contributed by atoms with Crippen molar-refractivity contribution in [1.82, 2.24) is 0 Å². The van der Waals surface area contributed by atoms with E-state index < -0.39 is 42.6 Å². The zero-order valence-corrected chi connectivity index (χ0v) is 13.8. The molecule has 134 valence electrons. The van der Waals surface area contributed by atoms with Crippen LogP contribution in [0.5, 0.6) is 0 Å². The van der Waals surface area contributed by atoms with E-state index in [2.05, 4.69) is 0 Å². The molecule has 1 rings (SSSR count). The molecule has 0 aliphatic carbocycles. The molecule has 23 heavy (non-hydrogen) atoms. The Bertz CT molecular complexity index is 386. The summed E-state index contributed by atoms with van der Waals surface area (Å²) in [7, 11) is 1.31. The molecule has 2 N–H and O–H groups in total. The van der Waals surface area contributed by atoms with Crippen molar-refractivity contribution >= 4 is 11.9 Å². The van der Waals surface area contributed by atoms with Crippen molar-refractivity contribution < 1.29 is 38.7 Å². The summed E-state index contributed by atoms with van der Waals surface area (Å²) in [5, 5.41) is 20.1. The average molecular weight is 334 g/mol. The van der Waals surface area contributed by atoms with Crippen molar-refractivity contribution in [3.63, 3.8) is 0 Å². The van der Waals surface area contributed by atoms with E-state index in [1.165, 1.54) is 7.11 Å². The number of rotatable bonds is 8. The van der Waals surface area contributed by atoms with Gasteiger partial charge in [-0.25, -0.2) is 0 Å². The molecule has 0 bridgehead atoms. The summed E-state index contributed by atoms with van der Waals surface area (Å²) in [6, 6.07) is 0. The lowest BCUT2D eigenvalue weighted by Gasteiger charge is -2.41. The van der Waals surface area contributed by atoms with Gasteiger partial charge in [0.25, 0.3) is 0 Å². The molecule has 8 nitrogen and oxygen atoms in total. The Labute approximate surface area is 135 Å². The smallest absolute Gasteiger partial charge is 0.306 e. The molecule has 1 heterocycles. The average Bonchev–Trinajstić information content (AvgIpc) is 2.51. The number of hydrogen-bond donors (Lipinski definition) is 2. The second-order valence-corrected chi connectivity index (χ2v) is 5.40. The van der Waals surface area contributed by atoms with Gasteiger partial charge in [-0.3, -0.25) is 9.59 Å². The zero-order valence-electron chi connectivity index (χ0n) is 13.8. The van der Waals surface area contributed by atoms with Crippen molar-refractivity contribution in [2.24, 2.45) is 0 Å². The van der Waals surface area contributed by atoms with Crippen LogP contribution in [0.25, 0.3) is 0 Å². The topological polar surface area (TPSA) is 112 Å². The molecule has 1 fully saturated rings. The summed E-state index contributed by atoms with van der Waals surface area (Å²) in [5.41, 5.74) is 0. The molecule has 0 radical (unpaired) electrons. The summed E-state index contributed by atoms with van der Waals surface area (Å²) in [5.74, 6) is -0.933. The van der Waals surface area contributed by atoms with E-state index in [0.717, 1.165) is 0 Å². The summed E-state index contributed by atoms with van der Waals surface area (Å²) < 4.78 is 20.7. The highest BCUT2D eigenvalue weighted by atomic mass is 16.7. The SMILES string of the molecule is CCCC(=O)OC[C@H]1O[C@H](OC)[C@@H](O)[C@@H](O)[C@@H]1OC(=O)CCC. The number of ether oxygens (including phenoxy) is 4. The first-order valence-corrected chi connectivity index (χ1v) is 7.84. The first-order chi connectivity index (χ1) is 10.9. The van der Waals surface area contributed by atoms with Gasteiger partial charge in [0.1, 0.15) is 24.9 Å². The maximum absolute atomic E-state index is 11.7. The van der Waals surface area contributed by atoms with E-state index in [-0.39, 0.29) is 19.4 Å². The number of esters is 2. The summed E-state index contributed by atoms with van der Waals surface area (Å²) in [6.07, 6.45) is -4.26. The van der Waals surface area contributed by atoms with E-state index in [1.54, 1.807) is 0 Å². The summed E-state index contributed by atoms with van der Waals surface area (Å²) in [4.78, 5) is 23.2. The van der Waals surface area contributed by atoms with Crippen LogP contribution in [0, 0.1) is 0 Å². The van der Waals surface area contributed by atoms with Crippen LogP contribution in [0.2, 0.25) is 0 Å². The van der Waals surface area contributed by atoms with Crippen LogP contribution in [-0.4, -0.2) is 66.6 Å². The Morgan fingerprint density at radius 2 is 1.65 bits per heavy atom. The van der Waals surface area contributed by atoms with Gasteiger partial charge >= 0.3 is 11.9 Å². The molecule has 0 amide bonds. The van der Waals surface area contributed by atoms with Crippen LogP contribution in [-0.2, 0) is 28.5 Å². The van der Waals surface area contributed by atoms with Crippen LogP contribution in [0.4, 0.5) is 0 Å². The van der Waals surface area contributed by atoms with E-state index in [4.69, 9.17) is 18.9 Å². The Balaban J connectivity index is 2.76. The van der Waals surface area contributed by atoms with Crippen molar-refractivity contribution in [3.05, 3.63) is 0 Å². The molecule has 8 heteroatoms. The van der Waals surface area contributed by atoms with E-state index in [1.807, 2.05) is 13.8 Å². The molecule has 1 saturated heterocycles. The molecule has 0 aromatic heterocycles. The van der Waals surface area contributed by atoms with Gasteiger partial charge in [-0.05, 0) is 12.8 Å². The second-order valence-electron chi connectivity index (χ2n) is 5.40. The third-order valence-corrected chi connectivity index (χ3v) is 3.46. The molecule has 1 aliphatic rings. The molecule has 5 atom stereocenters. The lowest BCUT2D eigenvalue weighted by atomic mass is 9.99. The maximum Gasteiger partial charge on any atom is 0.306 e. The zero-order chi connectivity index (χ0) is 17.4. The monoisotopic (exact) mass is 334 g/mol. The number of aliphatic hydroxyl groups excluding tert-OH is 2. The fourth-order valence-electron chi connectivity index (χ4n) is 2.25. The van der Waals surface area contributed by atoms with Gasteiger partial charge in [0, 0.05) is 20.0 Å². The molecular weight excluding hydrogens is 308 g/mol. The van der Waals surface area contributed by atoms with Gasteiger partial charge in [-0.1, -0.05) is 13.8 Å². The van der Waals surface area contributed by atoms with Gasteiger partial charge in [0.15, 0.2) is 12.4 Å². The van der Waals surface area contributed by atoms with Gasteiger partial charge in [-0.2, -0.15) is 0 Å². The molecule has 0 spiro atoms. The lowest BCUT2D eigenvalue weighted by molar-refractivity contribution is -0.297.